The Kier molecular flexibility index (Phi) is 7.17. The molecule has 37 heavy (non-hydrogen) atoms. The van der Waals surface area contributed by atoms with Gasteiger partial charge in [-0.15, -0.1) is 0 Å². The van der Waals surface area contributed by atoms with Gasteiger partial charge in [0, 0.05) is 29.9 Å². The van der Waals surface area contributed by atoms with Gasteiger partial charge in [-0.2, -0.15) is 0 Å². The molecular formula is C28H33NO8. The lowest BCUT2D eigenvalue weighted by Crippen LogP contribution is -2.42. The number of rotatable bonds is 11. The van der Waals surface area contributed by atoms with Crippen molar-refractivity contribution in [2.45, 2.75) is 90.3 Å². The van der Waals surface area contributed by atoms with E-state index in [1.807, 2.05) is 20.8 Å². The maximum Gasteiger partial charge on any atom is 0.326 e. The quantitative estimate of drug-likeness (QED) is 0.400. The molecule has 2 aliphatic rings. The number of carboxylic acids is 2. The van der Waals surface area contributed by atoms with Crippen molar-refractivity contribution in [2.24, 2.45) is 0 Å². The fourth-order valence-electron chi connectivity index (χ4n) is 5.60. The summed E-state index contributed by atoms with van der Waals surface area (Å²) in [5, 5.41) is 19.5. The molecule has 9 nitrogen and oxygen atoms in total. The number of allylic oxidation sites excluding steroid dienone is 2. The second-order valence-electron chi connectivity index (χ2n) is 10.5. The normalized spacial score (nSPS) is 20.9. The van der Waals surface area contributed by atoms with E-state index in [-0.39, 0.29) is 31.1 Å². The molecule has 1 aromatic carbocycles. The molecule has 9 heteroatoms. The maximum atomic E-state index is 13.3. The van der Waals surface area contributed by atoms with E-state index in [0.717, 1.165) is 17.4 Å². The molecule has 198 valence electrons. The van der Waals surface area contributed by atoms with E-state index in [1.54, 1.807) is 19.3 Å². The van der Waals surface area contributed by atoms with E-state index in [0.29, 0.717) is 41.7 Å². The Morgan fingerprint density at radius 1 is 1.22 bits per heavy atom. The Labute approximate surface area is 215 Å². The summed E-state index contributed by atoms with van der Waals surface area (Å²) in [6, 6.07) is 0.391. The zero-order valence-corrected chi connectivity index (χ0v) is 21.6. The number of nitrogens with zero attached hydrogens (tertiary/aromatic N) is 1. The van der Waals surface area contributed by atoms with Crippen molar-refractivity contribution in [1.82, 2.24) is 4.90 Å². The number of aliphatic carboxylic acids is 2. The highest BCUT2D eigenvalue weighted by Gasteiger charge is 2.46. The van der Waals surface area contributed by atoms with Gasteiger partial charge < -0.3 is 29.1 Å². The van der Waals surface area contributed by atoms with E-state index < -0.39 is 29.5 Å². The highest BCUT2D eigenvalue weighted by molar-refractivity contribution is 6.07. The standard InChI is InChI=1S/C28H33NO8/c1-15(2)6-5-11-28(4)20(8-7-16(3)30)19-14-36-25-18-13-29(21(27(34)35)9-10-23(31)32)26(33)17(18)12-22(37-28)24(19)25/h6,12,14,20-21H,5,7-11,13H2,1-4H3,(H,31,32)(H,34,35)/t20-,21+,28+/m1/s1. The summed E-state index contributed by atoms with van der Waals surface area (Å²) in [6.07, 6.45) is 5.72. The van der Waals surface area contributed by atoms with Crippen LogP contribution in [0.25, 0.3) is 11.0 Å². The number of fused-ring (bicyclic) bond motifs is 2. The summed E-state index contributed by atoms with van der Waals surface area (Å²) in [6.45, 7) is 7.66. The first kappa shape index (κ1) is 26.4. The second kappa shape index (κ2) is 10.0. The second-order valence-corrected chi connectivity index (χ2v) is 10.5. The maximum absolute atomic E-state index is 13.3. The van der Waals surface area contributed by atoms with Crippen LogP contribution in [0.1, 0.15) is 93.6 Å². The Bertz CT molecular complexity index is 1300. The van der Waals surface area contributed by atoms with Crippen LogP contribution in [0, 0.1) is 0 Å². The molecule has 1 amide bonds. The summed E-state index contributed by atoms with van der Waals surface area (Å²) in [4.78, 5) is 49.4. The van der Waals surface area contributed by atoms with Gasteiger partial charge in [-0.3, -0.25) is 9.59 Å². The number of carbonyl (C=O) groups excluding carboxylic acids is 2. The zero-order chi connectivity index (χ0) is 27.1. The topological polar surface area (TPSA) is 134 Å². The third-order valence-electron chi connectivity index (χ3n) is 7.49. The summed E-state index contributed by atoms with van der Waals surface area (Å²) >= 11 is 0. The van der Waals surface area contributed by atoms with Crippen LogP contribution in [0.2, 0.25) is 0 Å². The molecule has 0 fully saturated rings. The molecule has 1 aromatic heterocycles. The summed E-state index contributed by atoms with van der Waals surface area (Å²) in [7, 11) is 0. The number of amides is 1. The van der Waals surface area contributed by atoms with Gasteiger partial charge in [-0.25, -0.2) is 4.79 Å². The molecule has 2 aliphatic heterocycles. The molecule has 0 saturated heterocycles. The number of furan rings is 1. The van der Waals surface area contributed by atoms with Gasteiger partial charge >= 0.3 is 11.9 Å². The Hall–Kier alpha value is -3.62. The highest BCUT2D eigenvalue weighted by Crippen LogP contribution is 2.52. The molecule has 0 unspecified atom stereocenters. The van der Waals surface area contributed by atoms with Crippen LogP contribution in [0.3, 0.4) is 0 Å². The van der Waals surface area contributed by atoms with Gasteiger partial charge in [0.25, 0.3) is 5.91 Å². The smallest absolute Gasteiger partial charge is 0.326 e. The van der Waals surface area contributed by atoms with E-state index >= 15 is 0 Å². The molecule has 3 heterocycles. The van der Waals surface area contributed by atoms with Crippen molar-refractivity contribution in [1.29, 1.82) is 0 Å². The van der Waals surface area contributed by atoms with E-state index in [9.17, 15) is 24.3 Å². The molecule has 0 bridgehead atoms. The van der Waals surface area contributed by atoms with Crippen molar-refractivity contribution in [3.8, 4) is 5.75 Å². The zero-order valence-electron chi connectivity index (χ0n) is 21.6. The van der Waals surface area contributed by atoms with Gasteiger partial charge in [0.1, 0.15) is 28.8 Å². The predicted molar refractivity (Wildman–Crippen MR) is 135 cm³/mol. The molecule has 0 radical (unpaired) electrons. The summed E-state index contributed by atoms with van der Waals surface area (Å²) in [5.74, 6) is -2.38. The molecule has 2 aromatic rings. The average Bonchev–Trinajstić information content (AvgIpc) is 3.36. The molecule has 3 atom stereocenters. The van der Waals surface area contributed by atoms with Gasteiger partial charge in [-0.05, 0) is 59.4 Å². The first-order chi connectivity index (χ1) is 17.4. The van der Waals surface area contributed by atoms with Crippen molar-refractivity contribution < 1.29 is 38.5 Å². The van der Waals surface area contributed by atoms with Gasteiger partial charge in [0.2, 0.25) is 0 Å². The first-order valence-electron chi connectivity index (χ1n) is 12.6. The minimum Gasteiger partial charge on any atom is -0.486 e. The van der Waals surface area contributed by atoms with E-state index in [2.05, 4.69) is 6.08 Å². The number of benzene rings is 1. The number of carboxylic acid groups (broad SMARTS) is 2. The highest BCUT2D eigenvalue weighted by atomic mass is 16.5. The van der Waals surface area contributed by atoms with Gasteiger partial charge in [0.15, 0.2) is 0 Å². The fraction of sp³-hybridized carbons (Fsp3) is 0.500. The van der Waals surface area contributed by atoms with Crippen LogP contribution < -0.4 is 4.74 Å². The number of ketones is 1. The van der Waals surface area contributed by atoms with Gasteiger partial charge in [-0.1, -0.05) is 11.6 Å². The van der Waals surface area contributed by atoms with Crippen LogP contribution in [-0.4, -0.2) is 50.4 Å². The van der Waals surface area contributed by atoms with Crippen LogP contribution in [0.15, 0.2) is 28.4 Å². The average molecular weight is 512 g/mol. The lowest BCUT2D eigenvalue weighted by molar-refractivity contribution is -0.143. The molecule has 0 saturated carbocycles. The number of ether oxygens (including phenoxy) is 1. The Morgan fingerprint density at radius 3 is 2.57 bits per heavy atom. The van der Waals surface area contributed by atoms with Crippen molar-refractivity contribution in [3.05, 3.63) is 40.7 Å². The third-order valence-corrected chi connectivity index (χ3v) is 7.49. The minimum atomic E-state index is -1.27. The lowest BCUT2D eigenvalue weighted by Gasteiger charge is -2.41. The minimum absolute atomic E-state index is 0.00440. The third kappa shape index (κ3) is 4.99. The predicted octanol–water partition coefficient (Wildman–Crippen LogP) is 5.06. The number of carbonyl (C=O) groups is 4. The van der Waals surface area contributed by atoms with E-state index in [1.165, 1.54) is 10.5 Å². The lowest BCUT2D eigenvalue weighted by atomic mass is 9.75. The summed E-state index contributed by atoms with van der Waals surface area (Å²) in [5.41, 5.74) is 2.82. The molecular weight excluding hydrogens is 478 g/mol. The SMILES string of the molecule is CC(=O)CC[C@@H]1c2coc3c4c(cc(c23)O[C@@]1(C)CCC=C(C)C)C(=O)N([C@@H](CCC(=O)O)C(=O)O)C4. The fourth-order valence-corrected chi connectivity index (χ4v) is 5.60. The number of hydrogen-bond acceptors (Lipinski definition) is 6. The largest absolute Gasteiger partial charge is 0.486 e. The molecule has 4 rings (SSSR count). The molecule has 0 aliphatic carbocycles. The monoisotopic (exact) mass is 511 g/mol. The number of hydrogen-bond donors (Lipinski definition) is 2. The Morgan fingerprint density at radius 2 is 1.95 bits per heavy atom. The van der Waals surface area contributed by atoms with Gasteiger partial charge in [0.05, 0.1) is 23.8 Å². The molecule has 0 spiro atoms. The summed E-state index contributed by atoms with van der Waals surface area (Å²) < 4.78 is 12.6. The van der Waals surface area contributed by atoms with E-state index in [4.69, 9.17) is 14.3 Å². The van der Waals surface area contributed by atoms with Crippen LogP contribution in [0.5, 0.6) is 5.75 Å². The number of Topliss-reactive ketones (excluding diaryl/α,β-unsaturated/α-hetero) is 1. The van der Waals surface area contributed by atoms with Crippen molar-refractivity contribution >= 4 is 34.6 Å². The molecule has 2 N–H and O–H groups in total. The van der Waals surface area contributed by atoms with Crippen molar-refractivity contribution in [3.63, 3.8) is 0 Å². The van der Waals surface area contributed by atoms with Crippen LogP contribution in [-0.2, 0) is 20.9 Å². The van der Waals surface area contributed by atoms with Crippen LogP contribution in [0.4, 0.5) is 0 Å². The first-order valence-corrected chi connectivity index (χ1v) is 12.6. The van der Waals surface area contributed by atoms with Crippen molar-refractivity contribution in [2.75, 3.05) is 0 Å². The Balaban J connectivity index is 1.75. The van der Waals surface area contributed by atoms with Crippen LogP contribution >= 0.6 is 0 Å².